The molecule has 1 aliphatic rings. The highest BCUT2D eigenvalue weighted by Gasteiger charge is 2.19. The lowest BCUT2D eigenvalue weighted by Crippen LogP contribution is -2.44. The molecule has 0 spiro atoms. The molecule has 54 valence electrons. The van der Waals surface area contributed by atoms with E-state index in [0.717, 1.165) is 6.42 Å². The van der Waals surface area contributed by atoms with Crippen molar-refractivity contribution in [3.05, 3.63) is 0 Å². The molecule has 1 unspecified atom stereocenters. The molecule has 2 heteroatoms. The molecule has 2 nitrogen and oxygen atoms in total. The Kier molecular flexibility index (Phi) is 2.09. The first-order chi connectivity index (χ1) is 4.20. The minimum atomic E-state index is 0.446. The number of likely N-dealkylation sites (tertiary alicyclic amines) is 1. The molecule has 1 rings (SSSR count). The van der Waals surface area contributed by atoms with Crippen molar-refractivity contribution in [2.24, 2.45) is 11.7 Å². The summed E-state index contributed by atoms with van der Waals surface area (Å²) in [4.78, 5) is 2.34. The topological polar surface area (TPSA) is 29.3 Å². The Morgan fingerprint density at radius 1 is 1.56 bits per heavy atom. The summed E-state index contributed by atoms with van der Waals surface area (Å²) in [6.07, 6.45) is 1.16. The van der Waals surface area contributed by atoms with E-state index in [1.165, 1.54) is 13.1 Å². The zero-order valence-electron chi connectivity index (χ0n) is 6.30. The quantitative estimate of drug-likeness (QED) is 0.508. The van der Waals surface area contributed by atoms with Gasteiger partial charge in [0.2, 0.25) is 0 Å². The lowest BCUT2D eigenvalue weighted by Gasteiger charge is -2.32. The van der Waals surface area contributed by atoms with Crippen LogP contribution in [0, 0.1) is 5.92 Å². The normalized spacial score (nSPS) is 39.0. The van der Waals surface area contributed by atoms with Gasteiger partial charge in [0.1, 0.15) is 0 Å². The minimum absolute atomic E-state index is 0.446. The van der Waals surface area contributed by atoms with E-state index in [2.05, 4.69) is 18.9 Å². The van der Waals surface area contributed by atoms with Gasteiger partial charge in [-0.2, -0.15) is 0 Å². The number of nitrogens with zero attached hydrogens (tertiary/aromatic N) is 1. The largest absolute Gasteiger partial charge is 0.327 e. The molecule has 0 aromatic carbocycles. The highest BCUT2D eigenvalue weighted by Crippen LogP contribution is 2.12. The molecular formula is C7H16N2. The molecule has 0 saturated carbocycles. The SMILES string of the molecule is C[C@@H]1CN(C)CCC1N. The van der Waals surface area contributed by atoms with Crippen molar-refractivity contribution < 1.29 is 0 Å². The molecule has 1 fully saturated rings. The molecule has 2 N–H and O–H groups in total. The maximum absolute atomic E-state index is 5.81. The summed E-state index contributed by atoms with van der Waals surface area (Å²) in [5.41, 5.74) is 5.81. The van der Waals surface area contributed by atoms with Gasteiger partial charge in [-0.1, -0.05) is 6.92 Å². The van der Waals surface area contributed by atoms with Crippen LogP contribution in [0.2, 0.25) is 0 Å². The maximum atomic E-state index is 5.81. The van der Waals surface area contributed by atoms with Crippen LogP contribution in [-0.2, 0) is 0 Å². The van der Waals surface area contributed by atoms with Crippen molar-refractivity contribution in [1.82, 2.24) is 4.90 Å². The van der Waals surface area contributed by atoms with Crippen molar-refractivity contribution in [1.29, 1.82) is 0 Å². The number of hydrogen-bond donors (Lipinski definition) is 1. The fraction of sp³-hybridized carbons (Fsp3) is 1.00. The molecular weight excluding hydrogens is 112 g/mol. The first kappa shape index (κ1) is 7.03. The summed E-state index contributed by atoms with van der Waals surface area (Å²) in [6, 6.07) is 0.446. The molecule has 2 atom stereocenters. The zero-order valence-corrected chi connectivity index (χ0v) is 6.30. The van der Waals surface area contributed by atoms with Gasteiger partial charge in [-0.25, -0.2) is 0 Å². The van der Waals surface area contributed by atoms with Crippen molar-refractivity contribution in [2.45, 2.75) is 19.4 Å². The third kappa shape index (κ3) is 1.66. The average molecular weight is 128 g/mol. The number of nitrogens with two attached hydrogens (primary N) is 1. The van der Waals surface area contributed by atoms with Crippen molar-refractivity contribution in [2.75, 3.05) is 20.1 Å². The van der Waals surface area contributed by atoms with Gasteiger partial charge in [0, 0.05) is 12.6 Å². The molecule has 0 aromatic heterocycles. The summed E-state index contributed by atoms with van der Waals surface area (Å²) in [7, 11) is 2.16. The van der Waals surface area contributed by atoms with E-state index in [0.29, 0.717) is 12.0 Å². The van der Waals surface area contributed by atoms with Gasteiger partial charge < -0.3 is 10.6 Å². The third-order valence-corrected chi connectivity index (χ3v) is 2.17. The predicted molar refractivity (Wildman–Crippen MR) is 39.3 cm³/mol. The lowest BCUT2D eigenvalue weighted by atomic mass is 9.95. The number of rotatable bonds is 0. The smallest absolute Gasteiger partial charge is 0.00888 e. The second-order valence-electron chi connectivity index (χ2n) is 3.19. The molecule has 0 bridgehead atoms. The van der Waals surface area contributed by atoms with Crippen LogP contribution in [0.1, 0.15) is 13.3 Å². The van der Waals surface area contributed by atoms with Crippen molar-refractivity contribution in [3.63, 3.8) is 0 Å². The predicted octanol–water partition coefficient (Wildman–Crippen LogP) is 0.285. The first-order valence-corrected chi connectivity index (χ1v) is 3.64. The standard InChI is InChI=1S/C7H16N2/c1-6-5-9(2)4-3-7(6)8/h6-7H,3-5,8H2,1-2H3/t6-,7?/m1/s1. The van der Waals surface area contributed by atoms with E-state index in [9.17, 15) is 0 Å². The van der Waals surface area contributed by atoms with Gasteiger partial charge in [-0.05, 0) is 25.9 Å². The molecule has 1 aliphatic heterocycles. The van der Waals surface area contributed by atoms with Crippen LogP contribution in [0.4, 0.5) is 0 Å². The minimum Gasteiger partial charge on any atom is -0.327 e. The fourth-order valence-corrected chi connectivity index (χ4v) is 1.37. The van der Waals surface area contributed by atoms with Crippen molar-refractivity contribution in [3.8, 4) is 0 Å². The second kappa shape index (κ2) is 2.67. The van der Waals surface area contributed by atoms with Crippen LogP contribution < -0.4 is 5.73 Å². The summed E-state index contributed by atoms with van der Waals surface area (Å²) < 4.78 is 0. The molecule has 0 radical (unpaired) electrons. The Morgan fingerprint density at radius 2 is 2.22 bits per heavy atom. The van der Waals surface area contributed by atoms with E-state index in [-0.39, 0.29) is 0 Å². The van der Waals surface area contributed by atoms with Crippen LogP contribution in [0.15, 0.2) is 0 Å². The Morgan fingerprint density at radius 3 is 2.67 bits per heavy atom. The van der Waals surface area contributed by atoms with Gasteiger partial charge in [-0.15, -0.1) is 0 Å². The molecule has 9 heavy (non-hydrogen) atoms. The zero-order chi connectivity index (χ0) is 6.85. The first-order valence-electron chi connectivity index (χ1n) is 3.64. The van der Waals surface area contributed by atoms with E-state index in [1.807, 2.05) is 0 Å². The molecule has 0 amide bonds. The summed E-state index contributed by atoms with van der Waals surface area (Å²) in [5.74, 6) is 0.684. The Bertz CT molecular complexity index is 92.9. The van der Waals surface area contributed by atoms with Crippen molar-refractivity contribution >= 4 is 0 Å². The number of hydrogen-bond acceptors (Lipinski definition) is 2. The monoisotopic (exact) mass is 128 g/mol. The summed E-state index contributed by atoms with van der Waals surface area (Å²) >= 11 is 0. The van der Waals surface area contributed by atoms with E-state index < -0.39 is 0 Å². The Labute approximate surface area is 57.0 Å². The molecule has 1 saturated heterocycles. The third-order valence-electron chi connectivity index (χ3n) is 2.17. The molecule has 1 heterocycles. The average Bonchev–Trinajstić information content (AvgIpc) is 1.80. The van der Waals surface area contributed by atoms with Crippen LogP contribution in [0.25, 0.3) is 0 Å². The van der Waals surface area contributed by atoms with Gasteiger partial charge in [0.15, 0.2) is 0 Å². The van der Waals surface area contributed by atoms with E-state index >= 15 is 0 Å². The summed E-state index contributed by atoms with van der Waals surface area (Å²) in [5, 5.41) is 0. The maximum Gasteiger partial charge on any atom is 0.00888 e. The van der Waals surface area contributed by atoms with Gasteiger partial charge in [0.05, 0.1) is 0 Å². The van der Waals surface area contributed by atoms with Crippen LogP contribution >= 0.6 is 0 Å². The molecule has 0 aliphatic carbocycles. The van der Waals surface area contributed by atoms with Crippen LogP contribution in [0.3, 0.4) is 0 Å². The Balaban J connectivity index is 2.35. The highest BCUT2D eigenvalue weighted by atomic mass is 15.1. The highest BCUT2D eigenvalue weighted by molar-refractivity contribution is 4.77. The van der Waals surface area contributed by atoms with Gasteiger partial charge in [0.25, 0.3) is 0 Å². The number of piperidine rings is 1. The van der Waals surface area contributed by atoms with Crippen LogP contribution in [-0.4, -0.2) is 31.1 Å². The van der Waals surface area contributed by atoms with E-state index in [4.69, 9.17) is 5.73 Å². The Hall–Kier alpha value is -0.0800. The van der Waals surface area contributed by atoms with Gasteiger partial charge >= 0.3 is 0 Å². The summed E-state index contributed by atoms with van der Waals surface area (Å²) in [6.45, 7) is 4.56. The second-order valence-corrected chi connectivity index (χ2v) is 3.19. The van der Waals surface area contributed by atoms with Gasteiger partial charge in [-0.3, -0.25) is 0 Å². The van der Waals surface area contributed by atoms with E-state index in [1.54, 1.807) is 0 Å². The molecule has 0 aromatic rings. The lowest BCUT2D eigenvalue weighted by molar-refractivity contribution is 0.197. The fourth-order valence-electron chi connectivity index (χ4n) is 1.37. The van der Waals surface area contributed by atoms with Crippen LogP contribution in [0.5, 0.6) is 0 Å².